The lowest BCUT2D eigenvalue weighted by Crippen LogP contribution is -2.36. The maximum absolute atomic E-state index is 12.4. The second-order valence-electron chi connectivity index (χ2n) is 6.71. The van der Waals surface area contributed by atoms with Gasteiger partial charge in [0.2, 0.25) is 0 Å². The largest absolute Gasteiger partial charge is 0.496 e. The molecular weight excluding hydrogens is 342 g/mol. The van der Waals surface area contributed by atoms with Gasteiger partial charge in [0.05, 0.1) is 7.11 Å². The fourth-order valence-corrected chi connectivity index (χ4v) is 3.31. The number of amides is 2. The molecule has 1 aromatic carbocycles. The van der Waals surface area contributed by atoms with E-state index in [1.165, 1.54) is 6.42 Å². The molecule has 142 valence electrons. The van der Waals surface area contributed by atoms with E-state index in [1.807, 2.05) is 24.3 Å². The number of nitrogens with zero attached hydrogens (tertiary/aromatic N) is 1. The number of benzene rings is 1. The van der Waals surface area contributed by atoms with Crippen molar-refractivity contribution in [1.82, 2.24) is 15.6 Å². The molecule has 0 bridgehead atoms. The molecule has 2 aromatic rings. The van der Waals surface area contributed by atoms with Crippen LogP contribution in [-0.4, -0.2) is 29.9 Å². The van der Waals surface area contributed by atoms with Crippen molar-refractivity contribution in [3.05, 3.63) is 59.4 Å². The summed E-state index contributed by atoms with van der Waals surface area (Å²) in [5.41, 5.74) is 1.37. The lowest BCUT2D eigenvalue weighted by Gasteiger charge is -2.22. The molecule has 6 heteroatoms. The first kappa shape index (κ1) is 18.9. The van der Waals surface area contributed by atoms with Gasteiger partial charge < -0.3 is 15.4 Å². The predicted octanol–water partition coefficient (Wildman–Crippen LogP) is 3.08. The third-order valence-electron chi connectivity index (χ3n) is 4.79. The van der Waals surface area contributed by atoms with E-state index in [4.69, 9.17) is 4.74 Å². The number of methoxy groups -OCH3 is 1. The molecule has 6 nitrogen and oxygen atoms in total. The zero-order valence-electron chi connectivity index (χ0n) is 15.5. The maximum Gasteiger partial charge on any atom is 0.270 e. The molecule has 0 radical (unpaired) electrons. The summed E-state index contributed by atoms with van der Waals surface area (Å²) in [6, 6.07) is 12.6. The molecule has 1 aliphatic rings. The zero-order chi connectivity index (χ0) is 19.1. The van der Waals surface area contributed by atoms with Crippen LogP contribution in [0.3, 0.4) is 0 Å². The van der Waals surface area contributed by atoms with Crippen LogP contribution in [0, 0.1) is 0 Å². The number of hydrogen-bond donors (Lipinski definition) is 2. The summed E-state index contributed by atoms with van der Waals surface area (Å²) in [6.07, 6.45) is 5.52. The molecule has 0 aliphatic heterocycles. The molecule has 27 heavy (non-hydrogen) atoms. The zero-order valence-corrected chi connectivity index (χ0v) is 15.5. The Hall–Kier alpha value is -2.89. The molecular formula is C21H25N3O3. The number of ether oxygens (including phenoxy) is 1. The van der Waals surface area contributed by atoms with Crippen LogP contribution in [0.5, 0.6) is 5.75 Å². The third kappa shape index (κ3) is 5.06. The van der Waals surface area contributed by atoms with Gasteiger partial charge in [0.1, 0.15) is 17.1 Å². The number of para-hydroxylation sites is 1. The van der Waals surface area contributed by atoms with Crippen LogP contribution >= 0.6 is 0 Å². The highest BCUT2D eigenvalue weighted by atomic mass is 16.5. The normalized spacial score (nSPS) is 14.4. The first-order valence-corrected chi connectivity index (χ1v) is 9.35. The molecule has 0 spiro atoms. The number of hydrogen-bond acceptors (Lipinski definition) is 4. The highest BCUT2D eigenvalue weighted by Crippen LogP contribution is 2.18. The van der Waals surface area contributed by atoms with Crippen LogP contribution in [0.4, 0.5) is 0 Å². The molecule has 0 unspecified atom stereocenters. The van der Waals surface area contributed by atoms with Crippen molar-refractivity contribution < 1.29 is 14.3 Å². The Kier molecular flexibility index (Phi) is 6.41. The van der Waals surface area contributed by atoms with Crippen molar-refractivity contribution >= 4 is 11.8 Å². The monoisotopic (exact) mass is 367 g/mol. The van der Waals surface area contributed by atoms with Gasteiger partial charge in [0.25, 0.3) is 11.8 Å². The fourth-order valence-electron chi connectivity index (χ4n) is 3.31. The summed E-state index contributed by atoms with van der Waals surface area (Å²) in [5, 5.41) is 5.85. The highest BCUT2D eigenvalue weighted by Gasteiger charge is 2.18. The molecule has 1 aliphatic carbocycles. The average molecular weight is 367 g/mol. The van der Waals surface area contributed by atoms with Gasteiger partial charge in [-0.05, 0) is 31.0 Å². The Morgan fingerprint density at radius 1 is 1.00 bits per heavy atom. The second-order valence-corrected chi connectivity index (χ2v) is 6.71. The smallest absolute Gasteiger partial charge is 0.270 e. The van der Waals surface area contributed by atoms with Crippen LogP contribution in [0.1, 0.15) is 58.6 Å². The lowest BCUT2D eigenvalue weighted by atomic mass is 9.95. The van der Waals surface area contributed by atoms with E-state index in [0.29, 0.717) is 12.3 Å². The first-order chi connectivity index (χ1) is 13.2. The van der Waals surface area contributed by atoms with Gasteiger partial charge in [0, 0.05) is 18.2 Å². The van der Waals surface area contributed by atoms with E-state index >= 15 is 0 Å². The SMILES string of the molecule is COc1ccccc1CNC(=O)c1cccc(C(=O)NC2CCCCC2)n1. The van der Waals surface area contributed by atoms with Crippen molar-refractivity contribution in [3.63, 3.8) is 0 Å². The Labute approximate surface area is 159 Å². The summed E-state index contributed by atoms with van der Waals surface area (Å²) >= 11 is 0. The fraction of sp³-hybridized carbons (Fsp3) is 0.381. The van der Waals surface area contributed by atoms with E-state index in [1.54, 1.807) is 25.3 Å². The standard InChI is InChI=1S/C21H25N3O3/c1-27-19-13-6-5-8-15(19)14-22-20(25)17-11-7-12-18(24-17)21(26)23-16-9-3-2-4-10-16/h5-8,11-13,16H,2-4,9-10,14H2,1H3,(H,22,25)(H,23,26). The van der Waals surface area contributed by atoms with Gasteiger partial charge in [-0.2, -0.15) is 0 Å². The van der Waals surface area contributed by atoms with Gasteiger partial charge in [-0.25, -0.2) is 4.98 Å². The second kappa shape index (κ2) is 9.16. The van der Waals surface area contributed by atoms with Crippen LogP contribution < -0.4 is 15.4 Å². The number of aromatic nitrogens is 1. The molecule has 0 atom stereocenters. The Morgan fingerprint density at radius 2 is 1.70 bits per heavy atom. The third-order valence-corrected chi connectivity index (χ3v) is 4.79. The number of pyridine rings is 1. The van der Waals surface area contributed by atoms with Crippen LogP contribution in [-0.2, 0) is 6.54 Å². The topological polar surface area (TPSA) is 80.3 Å². The molecule has 2 amide bonds. The molecule has 1 heterocycles. The molecule has 0 saturated heterocycles. The molecule has 1 aromatic heterocycles. The van der Waals surface area contributed by atoms with E-state index in [0.717, 1.165) is 31.2 Å². The van der Waals surface area contributed by atoms with Gasteiger partial charge >= 0.3 is 0 Å². The molecule has 2 N–H and O–H groups in total. The number of carbonyl (C=O) groups excluding carboxylic acids is 2. The van der Waals surface area contributed by atoms with E-state index in [2.05, 4.69) is 15.6 Å². The number of nitrogens with one attached hydrogen (secondary N) is 2. The summed E-state index contributed by atoms with van der Waals surface area (Å²) in [6.45, 7) is 0.322. The summed E-state index contributed by atoms with van der Waals surface area (Å²) in [4.78, 5) is 29.1. The van der Waals surface area contributed by atoms with Crippen molar-refractivity contribution in [2.24, 2.45) is 0 Å². The van der Waals surface area contributed by atoms with Crippen molar-refractivity contribution in [1.29, 1.82) is 0 Å². The Morgan fingerprint density at radius 3 is 2.44 bits per heavy atom. The lowest BCUT2D eigenvalue weighted by molar-refractivity contribution is 0.0922. The summed E-state index contributed by atoms with van der Waals surface area (Å²) in [7, 11) is 1.59. The van der Waals surface area contributed by atoms with Gasteiger partial charge in [-0.1, -0.05) is 43.5 Å². The van der Waals surface area contributed by atoms with Gasteiger partial charge in [-0.15, -0.1) is 0 Å². The van der Waals surface area contributed by atoms with E-state index < -0.39 is 0 Å². The van der Waals surface area contributed by atoms with Crippen molar-refractivity contribution in [3.8, 4) is 5.75 Å². The van der Waals surface area contributed by atoms with Crippen molar-refractivity contribution in [2.45, 2.75) is 44.7 Å². The van der Waals surface area contributed by atoms with E-state index in [-0.39, 0.29) is 29.2 Å². The first-order valence-electron chi connectivity index (χ1n) is 9.35. The molecule has 1 fully saturated rings. The van der Waals surface area contributed by atoms with Crippen LogP contribution in [0.15, 0.2) is 42.5 Å². The summed E-state index contributed by atoms with van der Waals surface area (Å²) in [5.74, 6) is 0.167. The van der Waals surface area contributed by atoms with Crippen LogP contribution in [0.2, 0.25) is 0 Å². The minimum Gasteiger partial charge on any atom is -0.496 e. The predicted molar refractivity (Wildman–Crippen MR) is 103 cm³/mol. The van der Waals surface area contributed by atoms with Gasteiger partial charge in [0.15, 0.2) is 0 Å². The van der Waals surface area contributed by atoms with E-state index in [9.17, 15) is 9.59 Å². The van der Waals surface area contributed by atoms with Crippen LogP contribution in [0.25, 0.3) is 0 Å². The highest BCUT2D eigenvalue weighted by molar-refractivity contribution is 5.96. The summed E-state index contributed by atoms with van der Waals surface area (Å²) < 4.78 is 5.29. The Bertz CT molecular complexity index is 801. The molecule has 3 rings (SSSR count). The molecule has 1 saturated carbocycles. The minimum absolute atomic E-state index is 0.205. The quantitative estimate of drug-likeness (QED) is 0.822. The minimum atomic E-state index is -0.326. The maximum atomic E-state index is 12.4. The average Bonchev–Trinajstić information content (AvgIpc) is 2.73. The Balaban J connectivity index is 1.62. The number of carbonyl (C=O) groups is 2. The number of rotatable bonds is 6. The van der Waals surface area contributed by atoms with Gasteiger partial charge in [-0.3, -0.25) is 9.59 Å². The van der Waals surface area contributed by atoms with Crippen molar-refractivity contribution in [2.75, 3.05) is 7.11 Å².